The monoisotopic (exact) mass is 407 g/mol. The van der Waals surface area contributed by atoms with Crippen molar-refractivity contribution in [3.63, 3.8) is 0 Å². The topological polar surface area (TPSA) is 67.5 Å². The Kier molecular flexibility index (Phi) is 6.17. The van der Waals surface area contributed by atoms with Crippen molar-refractivity contribution in [1.82, 2.24) is 14.9 Å². The smallest absolute Gasteiger partial charge is 0.232 e. The van der Waals surface area contributed by atoms with Crippen LogP contribution in [0.1, 0.15) is 5.56 Å². The lowest BCUT2D eigenvalue weighted by Gasteiger charge is -2.32. The Hall–Kier alpha value is -2.77. The molecule has 0 bridgehead atoms. The molecule has 4 rings (SSSR count). The molecule has 0 spiro atoms. The van der Waals surface area contributed by atoms with Crippen LogP contribution in [-0.2, 0) is 6.61 Å². The molecule has 0 radical (unpaired) electrons. The minimum absolute atomic E-state index is 0.463. The summed E-state index contributed by atoms with van der Waals surface area (Å²) in [5.74, 6) is 1.32. The number of hydrogen-bond acceptors (Lipinski definition) is 7. The second-order valence-electron chi connectivity index (χ2n) is 7.08. The maximum absolute atomic E-state index is 6.14. The Morgan fingerprint density at radius 2 is 1.83 bits per heavy atom. The van der Waals surface area contributed by atoms with Crippen LogP contribution in [0.15, 0.2) is 70.6 Å². The zero-order chi connectivity index (χ0) is 20.1. The molecule has 1 aliphatic rings. The number of rotatable bonds is 6. The van der Waals surface area contributed by atoms with Crippen molar-refractivity contribution in [3.05, 3.63) is 66.4 Å². The van der Waals surface area contributed by atoms with Crippen molar-refractivity contribution in [2.45, 2.75) is 16.4 Å². The van der Waals surface area contributed by atoms with Gasteiger partial charge in [-0.05, 0) is 30.8 Å². The van der Waals surface area contributed by atoms with E-state index in [0.717, 1.165) is 53.2 Å². The summed E-state index contributed by atoms with van der Waals surface area (Å²) < 4.78 is 6.14. The number of nitrogens with two attached hydrogens (primary N) is 1. The van der Waals surface area contributed by atoms with Gasteiger partial charge >= 0.3 is 0 Å². The van der Waals surface area contributed by atoms with Crippen molar-refractivity contribution in [1.29, 1.82) is 0 Å². The van der Waals surface area contributed by atoms with E-state index in [1.807, 2.05) is 60.8 Å². The highest BCUT2D eigenvalue weighted by Crippen LogP contribution is 2.35. The number of hydrogen-bond donors (Lipinski definition) is 1. The molecule has 2 aromatic carbocycles. The summed E-state index contributed by atoms with van der Waals surface area (Å²) >= 11 is 1.56. The van der Waals surface area contributed by atoms with Crippen LogP contribution >= 0.6 is 11.8 Å². The molecule has 0 unspecified atom stereocenters. The third kappa shape index (κ3) is 5.19. The SMILES string of the molecule is CN1CCN(c2ncc(Sc3cccc(N)c3)c(OCc3ccccc3)n2)CC1. The van der Waals surface area contributed by atoms with Crippen molar-refractivity contribution in [2.24, 2.45) is 0 Å². The van der Waals surface area contributed by atoms with Crippen LogP contribution < -0.4 is 15.4 Å². The number of anilines is 2. The van der Waals surface area contributed by atoms with Crippen LogP contribution in [0.5, 0.6) is 5.88 Å². The molecule has 1 aliphatic heterocycles. The second-order valence-corrected chi connectivity index (χ2v) is 8.19. The summed E-state index contributed by atoms with van der Waals surface area (Å²) in [6.07, 6.45) is 1.86. The largest absolute Gasteiger partial charge is 0.472 e. The van der Waals surface area contributed by atoms with Gasteiger partial charge in [-0.3, -0.25) is 0 Å². The molecule has 1 fully saturated rings. The number of ether oxygens (including phenoxy) is 1. The Morgan fingerprint density at radius 1 is 1.03 bits per heavy atom. The molecule has 2 N–H and O–H groups in total. The molecule has 0 atom stereocenters. The fraction of sp³-hybridized carbons (Fsp3) is 0.273. The molecule has 1 saturated heterocycles. The molecule has 150 valence electrons. The summed E-state index contributed by atoms with van der Waals surface area (Å²) in [6, 6.07) is 17.9. The van der Waals surface area contributed by atoms with E-state index in [1.54, 1.807) is 11.8 Å². The average molecular weight is 408 g/mol. The first-order chi connectivity index (χ1) is 14.2. The van der Waals surface area contributed by atoms with Gasteiger partial charge in [0.2, 0.25) is 11.8 Å². The highest BCUT2D eigenvalue weighted by atomic mass is 32.2. The summed E-state index contributed by atoms with van der Waals surface area (Å²) in [4.78, 5) is 15.8. The molecule has 7 heteroatoms. The molecule has 2 heterocycles. The van der Waals surface area contributed by atoms with Crippen LogP contribution in [0.3, 0.4) is 0 Å². The molecule has 0 amide bonds. The van der Waals surface area contributed by atoms with Crippen molar-refractivity contribution < 1.29 is 4.74 Å². The normalized spacial score (nSPS) is 14.7. The van der Waals surface area contributed by atoms with Gasteiger partial charge in [-0.25, -0.2) is 4.98 Å². The van der Waals surface area contributed by atoms with Gasteiger partial charge < -0.3 is 20.3 Å². The van der Waals surface area contributed by atoms with Gasteiger partial charge in [-0.15, -0.1) is 0 Å². The van der Waals surface area contributed by atoms with Crippen LogP contribution in [-0.4, -0.2) is 48.1 Å². The van der Waals surface area contributed by atoms with Crippen LogP contribution in [0.25, 0.3) is 0 Å². The van der Waals surface area contributed by atoms with Gasteiger partial charge in [0.1, 0.15) is 6.61 Å². The van der Waals surface area contributed by atoms with E-state index in [1.165, 1.54) is 0 Å². The Balaban J connectivity index is 1.58. The van der Waals surface area contributed by atoms with Crippen molar-refractivity contribution >= 4 is 23.4 Å². The summed E-state index contributed by atoms with van der Waals surface area (Å²) in [7, 11) is 2.14. The van der Waals surface area contributed by atoms with E-state index in [0.29, 0.717) is 12.5 Å². The van der Waals surface area contributed by atoms with E-state index < -0.39 is 0 Å². The van der Waals surface area contributed by atoms with Crippen molar-refractivity contribution in [2.75, 3.05) is 43.9 Å². The number of nitrogen functional groups attached to an aromatic ring is 1. The number of likely N-dealkylation sites (N-methyl/N-ethyl adjacent to an activating group) is 1. The van der Waals surface area contributed by atoms with Gasteiger partial charge in [0.25, 0.3) is 0 Å². The fourth-order valence-corrected chi connectivity index (χ4v) is 4.00. The molecule has 1 aromatic heterocycles. The quantitative estimate of drug-likeness (QED) is 0.627. The van der Waals surface area contributed by atoms with Crippen molar-refractivity contribution in [3.8, 4) is 5.88 Å². The van der Waals surface area contributed by atoms with Crippen LogP contribution in [0.2, 0.25) is 0 Å². The number of piperazine rings is 1. The second kappa shape index (κ2) is 9.15. The van der Waals surface area contributed by atoms with Gasteiger partial charge in [0, 0.05) is 36.8 Å². The summed E-state index contributed by atoms with van der Waals surface area (Å²) in [6.45, 7) is 4.30. The number of nitrogens with zero attached hydrogens (tertiary/aromatic N) is 4. The highest BCUT2D eigenvalue weighted by molar-refractivity contribution is 7.99. The standard InChI is InChI=1S/C22H25N5OS/c1-26-10-12-27(13-11-26)22-24-15-20(29-19-9-5-8-18(23)14-19)21(25-22)28-16-17-6-3-2-4-7-17/h2-9,14-15H,10-13,16,23H2,1H3. The van der Waals surface area contributed by atoms with E-state index >= 15 is 0 Å². The molecule has 3 aromatic rings. The van der Waals surface area contributed by atoms with E-state index in [4.69, 9.17) is 15.5 Å². The van der Waals surface area contributed by atoms with Gasteiger partial charge in [0.15, 0.2) is 0 Å². The molecule has 6 nitrogen and oxygen atoms in total. The molecular weight excluding hydrogens is 382 g/mol. The average Bonchev–Trinajstić information content (AvgIpc) is 2.74. The van der Waals surface area contributed by atoms with Crippen LogP contribution in [0.4, 0.5) is 11.6 Å². The molecule has 0 saturated carbocycles. The fourth-order valence-electron chi connectivity index (χ4n) is 3.11. The summed E-state index contributed by atoms with van der Waals surface area (Å²) in [5.41, 5.74) is 7.77. The lowest BCUT2D eigenvalue weighted by molar-refractivity contribution is 0.283. The first-order valence-corrected chi connectivity index (χ1v) is 10.5. The lowest BCUT2D eigenvalue weighted by Crippen LogP contribution is -2.45. The number of benzene rings is 2. The molecular formula is C22H25N5OS. The maximum atomic E-state index is 6.14. The molecule has 29 heavy (non-hydrogen) atoms. The first kappa shape index (κ1) is 19.5. The van der Waals surface area contributed by atoms with Gasteiger partial charge in [-0.1, -0.05) is 48.2 Å². The Labute approximate surface area is 175 Å². The zero-order valence-corrected chi connectivity index (χ0v) is 17.3. The lowest BCUT2D eigenvalue weighted by atomic mass is 10.2. The Bertz CT molecular complexity index is 945. The van der Waals surface area contributed by atoms with E-state index in [9.17, 15) is 0 Å². The first-order valence-electron chi connectivity index (χ1n) is 9.68. The minimum atomic E-state index is 0.463. The molecule has 0 aliphatic carbocycles. The maximum Gasteiger partial charge on any atom is 0.232 e. The Morgan fingerprint density at radius 3 is 2.59 bits per heavy atom. The zero-order valence-electron chi connectivity index (χ0n) is 16.5. The third-order valence-electron chi connectivity index (χ3n) is 4.80. The summed E-state index contributed by atoms with van der Waals surface area (Å²) in [5, 5.41) is 0. The van der Waals surface area contributed by atoms with Gasteiger partial charge in [-0.2, -0.15) is 4.98 Å². The van der Waals surface area contributed by atoms with Gasteiger partial charge in [0.05, 0.1) is 11.1 Å². The predicted octanol–water partition coefficient (Wildman–Crippen LogP) is 3.54. The van der Waals surface area contributed by atoms with Crippen LogP contribution in [0, 0.1) is 0 Å². The number of aromatic nitrogens is 2. The highest BCUT2D eigenvalue weighted by Gasteiger charge is 2.19. The van der Waals surface area contributed by atoms with E-state index in [2.05, 4.69) is 21.8 Å². The third-order valence-corrected chi connectivity index (χ3v) is 5.79. The van der Waals surface area contributed by atoms with E-state index in [-0.39, 0.29) is 0 Å². The predicted molar refractivity (Wildman–Crippen MR) is 117 cm³/mol. The minimum Gasteiger partial charge on any atom is -0.472 e.